The van der Waals surface area contributed by atoms with Crippen molar-refractivity contribution in [1.29, 1.82) is 5.26 Å². The van der Waals surface area contributed by atoms with Gasteiger partial charge >= 0.3 is 5.97 Å². The molecule has 0 bridgehead atoms. The molecule has 0 saturated carbocycles. The number of allylic oxidation sites excluding steroid dienone is 2. The summed E-state index contributed by atoms with van der Waals surface area (Å²) in [6.45, 7) is 4.40. The number of hydrogen-bond acceptors (Lipinski definition) is 9. The van der Waals surface area contributed by atoms with E-state index in [0.717, 1.165) is 17.5 Å². The van der Waals surface area contributed by atoms with Gasteiger partial charge in [0.25, 0.3) is 0 Å². The van der Waals surface area contributed by atoms with E-state index in [9.17, 15) is 10.1 Å². The Morgan fingerprint density at radius 1 is 1.19 bits per heavy atom. The van der Waals surface area contributed by atoms with Crippen LogP contribution in [0.25, 0.3) is 0 Å². The van der Waals surface area contributed by atoms with E-state index in [1.807, 2.05) is 55.5 Å². The van der Waals surface area contributed by atoms with Crippen LogP contribution >= 0.6 is 11.8 Å². The van der Waals surface area contributed by atoms with Crippen molar-refractivity contribution < 1.29 is 19.0 Å². The molecular formula is C27H28N4O4S. The average molecular weight is 505 g/mol. The Bertz CT molecular complexity index is 1280. The summed E-state index contributed by atoms with van der Waals surface area (Å²) in [5.41, 5.74) is 9.21. The van der Waals surface area contributed by atoms with Gasteiger partial charge in [-0.25, -0.2) is 9.79 Å². The van der Waals surface area contributed by atoms with Gasteiger partial charge in [0.15, 0.2) is 16.7 Å². The Labute approximate surface area is 215 Å². The minimum atomic E-state index is -0.631. The monoisotopic (exact) mass is 504 g/mol. The number of hydrogen-bond donors (Lipinski definition) is 1. The fourth-order valence-electron chi connectivity index (χ4n) is 4.16. The maximum Gasteiger partial charge on any atom is 0.338 e. The summed E-state index contributed by atoms with van der Waals surface area (Å²) in [4.78, 5) is 20.0. The quantitative estimate of drug-likeness (QED) is 0.475. The van der Waals surface area contributed by atoms with E-state index in [-0.39, 0.29) is 12.4 Å². The van der Waals surface area contributed by atoms with Gasteiger partial charge in [-0.05, 0) is 48.4 Å². The summed E-state index contributed by atoms with van der Waals surface area (Å²) in [7, 11) is 1.57. The molecule has 0 radical (unpaired) electrons. The molecule has 0 spiro atoms. The molecule has 1 atom stereocenters. The van der Waals surface area contributed by atoms with E-state index in [1.165, 1.54) is 11.8 Å². The third-order valence-electron chi connectivity index (χ3n) is 5.79. The Kier molecular flexibility index (Phi) is 7.86. The van der Waals surface area contributed by atoms with Crippen LogP contribution in [0.4, 0.5) is 0 Å². The number of carbonyl (C=O) groups is 1. The summed E-state index contributed by atoms with van der Waals surface area (Å²) in [6.07, 6.45) is 1.37. The Morgan fingerprint density at radius 3 is 2.64 bits per heavy atom. The SMILES string of the molecule is CCCC1=C(C(=O)OCC)[C@@H](c2ccc(OCc3ccccc3)c(OC)c2)N2C(=N1)SC(C#N)=C2N. The molecule has 2 aromatic rings. The van der Waals surface area contributed by atoms with Gasteiger partial charge < -0.3 is 19.9 Å². The highest BCUT2D eigenvalue weighted by Crippen LogP contribution is 2.47. The lowest BCUT2D eigenvalue weighted by Crippen LogP contribution is -2.39. The number of aliphatic imine (C=N–C) groups is 1. The summed E-state index contributed by atoms with van der Waals surface area (Å²) in [6, 6.07) is 16.9. The van der Waals surface area contributed by atoms with Crippen LogP contribution in [0.1, 0.15) is 43.9 Å². The molecule has 186 valence electrons. The first kappa shape index (κ1) is 25.2. The number of amidine groups is 1. The second-order valence-corrected chi connectivity index (χ2v) is 9.09. The van der Waals surface area contributed by atoms with Crippen LogP contribution in [0, 0.1) is 11.3 Å². The number of ether oxygens (including phenoxy) is 3. The average Bonchev–Trinajstić information content (AvgIpc) is 3.22. The van der Waals surface area contributed by atoms with Crippen LogP contribution in [0.3, 0.4) is 0 Å². The van der Waals surface area contributed by atoms with Gasteiger partial charge in [0.05, 0.1) is 31.0 Å². The number of fused-ring (bicyclic) bond motifs is 1. The fourth-order valence-corrected chi connectivity index (χ4v) is 5.05. The van der Waals surface area contributed by atoms with Crippen molar-refractivity contribution >= 4 is 22.9 Å². The van der Waals surface area contributed by atoms with Gasteiger partial charge in [0, 0.05) is 0 Å². The van der Waals surface area contributed by atoms with Crippen molar-refractivity contribution in [3.8, 4) is 17.6 Å². The second kappa shape index (κ2) is 11.2. The zero-order chi connectivity index (χ0) is 25.7. The van der Waals surface area contributed by atoms with Crippen LogP contribution in [0.5, 0.6) is 11.5 Å². The number of carbonyl (C=O) groups excluding carboxylic acids is 1. The molecule has 0 aliphatic carbocycles. The number of nitrogens with zero attached hydrogens (tertiary/aromatic N) is 3. The van der Waals surface area contributed by atoms with E-state index < -0.39 is 12.0 Å². The molecule has 0 unspecified atom stereocenters. The summed E-state index contributed by atoms with van der Waals surface area (Å²) in [5.74, 6) is 0.886. The molecule has 2 aliphatic heterocycles. The number of benzene rings is 2. The van der Waals surface area contributed by atoms with E-state index >= 15 is 0 Å². The van der Waals surface area contributed by atoms with Crippen LogP contribution < -0.4 is 15.2 Å². The third-order valence-corrected chi connectivity index (χ3v) is 6.76. The van der Waals surface area contributed by atoms with E-state index in [0.29, 0.717) is 45.9 Å². The van der Waals surface area contributed by atoms with Gasteiger partial charge in [-0.1, -0.05) is 49.7 Å². The molecule has 36 heavy (non-hydrogen) atoms. The van der Waals surface area contributed by atoms with E-state index in [1.54, 1.807) is 18.9 Å². The molecule has 0 fully saturated rings. The molecule has 8 nitrogen and oxygen atoms in total. The Morgan fingerprint density at radius 2 is 1.97 bits per heavy atom. The number of rotatable bonds is 9. The lowest BCUT2D eigenvalue weighted by atomic mass is 9.92. The van der Waals surface area contributed by atoms with E-state index in [4.69, 9.17) is 24.9 Å². The molecule has 0 aromatic heterocycles. The molecular weight excluding hydrogens is 476 g/mol. The van der Waals surface area contributed by atoms with Gasteiger partial charge in [0.1, 0.15) is 23.4 Å². The standard InChI is InChI=1S/C27H28N4O4S/c1-4-9-19-23(26(32)34-5-2)24(31-25(29)22(15-28)36-27(31)30-19)18-12-13-20(21(14-18)33-3)35-16-17-10-7-6-8-11-17/h6-8,10-14,24H,4-5,9,16,29H2,1-3H3/t24-/m1/s1. The minimum absolute atomic E-state index is 0.226. The summed E-state index contributed by atoms with van der Waals surface area (Å²) < 4.78 is 17.1. The largest absolute Gasteiger partial charge is 0.493 e. The lowest BCUT2D eigenvalue weighted by Gasteiger charge is -2.35. The van der Waals surface area contributed by atoms with Crippen molar-refractivity contribution in [3.05, 3.63) is 81.7 Å². The van der Waals surface area contributed by atoms with Gasteiger partial charge in [-0.15, -0.1) is 0 Å². The molecule has 0 amide bonds. The Balaban J connectivity index is 1.78. The van der Waals surface area contributed by atoms with Crippen molar-refractivity contribution in [1.82, 2.24) is 4.90 Å². The third kappa shape index (κ3) is 4.90. The number of methoxy groups -OCH3 is 1. The molecule has 2 heterocycles. The predicted molar refractivity (Wildman–Crippen MR) is 139 cm³/mol. The topological polar surface area (TPSA) is 110 Å². The molecule has 0 saturated heterocycles. The van der Waals surface area contributed by atoms with Crippen molar-refractivity contribution in [3.63, 3.8) is 0 Å². The van der Waals surface area contributed by atoms with Crippen LogP contribution in [0.2, 0.25) is 0 Å². The number of nitrogens with two attached hydrogens (primary N) is 1. The van der Waals surface area contributed by atoms with Gasteiger partial charge in [0.2, 0.25) is 0 Å². The van der Waals surface area contributed by atoms with E-state index in [2.05, 4.69) is 6.07 Å². The minimum Gasteiger partial charge on any atom is -0.493 e. The molecule has 2 aromatic carbocycles. The van der Waals surface area contributed by atoms with Crippen molar-refractivity contribution in [2.75, 3.05) is 13.7 Å². The van der Waals surface area contributed by atoms with Crippen LogP contribution in [0.15, 0.2) is 75.5 Å². The highest BCUT2D eigenvalue weighted by atomic mass is 32.2. The normalized spacial score (nSPS) is 16.9. The molecule has 2 aliphatic rings. The lowest BCUT2D eigenvalue weighted by molar-refractivity contribution is -0.139. The molecule has 9 heteroatoms. The predicted octanol–water partition coefficient (Wildman–Crippen LogP) is 5.00. The highest BCUT2D eigenvalue weighted by Gasteiger charge is 2.43. The first-order valence-electron chi connectivity index (χ1n) is 11.7. The maximum atomic E-state index is 13.2. The number of nitriles is 1. The number of thioether (sulfide) groups is 1. The van der Waals surface area contributed by atoms with Crippen molar-refractivity contribution in [2.45, 2.75) is 39.3 Å². The second-order valence-electron chi connectivity index (χ2n) is 8.11. The first-order valence-corrected chi connectivity index (χ1v) is 12.5. The highest BCUT2D eigenvalue weighted by molar-refractivity contribution is 8.17. The Hall–Kier alpha value is -3.90. The number of esters is 1. The fraction of sp³-hybridized carbons (Fsp3) is 0.296. The first-order chi connectivity index (χ1) is 17.5. The smallest absolute Gasteiger partial charge is 0.338 e. The molecule has 4 rings (SSSR count). The zero-order valence-corrected chi connectivity index (χ0v) is 21.3. The van der Waals surface area contributed by atoms with Gasteiger partial charge in [-0.2, -0.15) is 5.26 Å². The molecule has 2 N–H and O–H groups in total. The van der Waals surface area contributed by atoms with Crippen LogP contribution in [-0.2, 0) is 16.1 Å². The van der Waals surface area contributed by atoms with Crippen LogP contribution in [-0.4, -0.2) is 29.8 Å². The summed E-state index contributed by atoms with van der Waals surface area (Å²) in [5, 5.41) is 10.2. The van der Waals surface area contributed by atoms with Crippen molar-refractivity contribution in [2.24, 2.45) is 10.7 Å². The summed E-state index contributed by atoms with van der Waals surface area (Å²) >= 11 is 1.20. The van der Waals surface area contributed by atoms with Gasteiger partial charge in [-0.3, -0.25) is 4.90 Å². The maximum absolute atomic E-state index is 13.2. The zero-order valence-electron chi connectivity index (χ0n) is 20.5.